The summed E-state index contributed by atoms with van der Waals surface area (Å²) in [6.07, 6.45) is 7.03. The van der Waals surface area contributed by atoms with E-state index < -0.39 is 0 Å². The SMILES string of the molecule is CC(c1ccc2ccccc2c1)N1C=CCCC1. The van der Waals surface area contributed by atoms with Crippen molar-refractivity contribution in [1.29, 1.82) is 0 Å². The van der Waals surface area contributed by atoms with Crippen molar-refractivity contribution in [2.24, 2.45) is 0 Å². The van der Waals surface area contributed by atoms with E-state index in [-0.39, 0.29) is 0 Å². The number of allylic oxidation sites excluding steroid dienone is 1. The van der Waals surface area contributed by atoms with Crippen LogP contribution >= 0.6 is 0 Å². The zero-order valence-electron chi connectivity index (χ0n) is 10.8. The minimum Gasteiger partial charge on any atom is -0.371 e. The van der Waals surface area contributed by atoms with Gasteiger partial charge < -0.3 is 4.90 Å². The van der Waals surface area contributed by atoms with Crippen molar-refractivity contribution < 1.29 is 0 Å². The number of hydrogen-bond donors (Lipinski definition) is 0. The number of fused-ring (bicyclic) bond motifs is 1. The van der Waals surface area contributed by atoms with E-state index in [9.17, 15) is 0 Å². The first-order valence-electron chi connectivity index (χ1n) is 6.76. The molecular formula is C17H19N. The van der Waals surface area contributed by atoms with Crippen molar-refractivity contribution in [3.05, 3.63) is 60.3 Å². The van der Waals surface area contributed by atoms with Crippen LogP contribution < -0.4 is 0 Å². The number of rotatable bonds is 2. The maximum Gasteiger partial charge on any atom is 0.0508 e. The Hall–Kier alpha value is -1.76. The molecular weight excluding hydrogens is 218 g/mol. The van der Waals surface area contributed by atoms with Crippen LogP contribution in [0.4, 0.5) is 0 Å². The van der Waals surface area contributed by atoms with Crippen LogP contribution in [0.25, 0.3) is 10.8 Å². The van der Waals surface area contributed by atoms with Gasteiger partial charge in [-0.05, 0) is 48.4 Å². The zero-order chi connectivity index (χ0) is 12.4. The fourth-order valence-corrected chi connectivity index (χ4v) is 2.66. The van der Waals surface area contributed by atoms with Crippen molar-refractivity contribution >= 4 is 10.8 Å². The van der Waals surface area contributed by atoms with Crippen LogP contribution in [0.15, 0.2) is 54.7 Å². The van der Waals surface area contributed by atoms with Gasteiger partial charge in [0.05, 0.1) is 6.04 Å². The summed E-state index contributed by atoms with van der Waals surface area (Å²) < 4.78 is 0. The molecule has 0 radical (unpaired) electrons. The van der Waals surface area contributed by atoms with Gasteiger partial charge in [-0.1, -0.05) is 42.5 Å². The summed E-state index contributed by atoms with van der Waals surface area (Å²) >= 11 is 0. The molecule has 1 aliphatic heterocycles. The molecule has 0 saturated heterocycles. The summed E-state index contributed by atoms with van der Waals surface area (Å²) in [5.41, 5.74) is 1.40. The molecule has 0 fully saturated rings. The summed E-state index contributed by atoms with van der Waals surface area (Å²) in [6, 6.07) is 15.8. The minimum atomic E-state index is 0.464. The molecule has 18 heavy (non-hydrogen) atoms. The Morgan fingerprint density at radius 1 is 1.06 bits per heavy atom. The molecule has 0 bridgehead atoms. The highest BCUT2D eigenvalue weighted by Crippen LogP contribution is 2.26. The average molecular weight is 237 g/mol. The average Bonchev–Trinajstić information content (AvgIpc) is 2.47. The lowest BCUT2D eigenvalue weighted by atomic mass is 10.0. The summed E-state index contributed by atoms with van der Waals surface area (Å²) in [5, 5.41) is 2.66. The summed E-state index contributed by atoms with van der Waals surface area (Å²) in [5.74, 6) is 0. The number of hydrogen-bond acceptors (Lipinski definition) is 1. The topological polar surface area (TPSA) is 3.24 Å². The van der Waals surface area contributed by atoms with Crippen LogP contribution in [0.1, 0.15) is 31.4 Å². The number of nitrogens with zero attached hydrogens (tertiary/aromatic N) is 1. The first kappa shape index (κ1) is 11.3. The predicted octanol–water partition coefficient (Wildman–Crippen LogP) is 4.51. The third kappa shape index (κ3) is 2.13. The molecule has 2 aromatic rings. The van der Waals surface area contributed by atoms with Crippen LogP contribution in [0.5, 0.6) is 0 Å². The van der Waals surface area contributed by atoms with Crippen LogP contribution in [-0.4, -0.2) is 11.4 Å². The monoisotopic (exact) mass is 237 g/mol. The molecule has 1 unspecified atom stereocenters. The van der Waals surface area contributed by atoms with Crippen LogP contribution in [0, 0.1) is 0 Å². The lowest BCUT2D eigenvalue weighted by molar-refractivity contribution is 0.283. The fourth-order valence-electron chi connectivity index (χ4n) is 2.66. The van der Waals surface area contributed by atoms with Crippen LogP contribution in [0.3, 0.4) is 0 Å². The lowest BCUT2D eigenvalue weighted by Crippen LogP contribution is -2.24. The molecule has 0 N–H and O–H groups in total. The van der Waals surface area contributed by atoms with Gasteiger partial charge >= 0.3 is 0 Å². The first-order valence-corrected chi connectivity index (χ1v) is 6.76. The molecule has 1 aliphatic rings. The van der Waals surface area contributed by atoms with Gasteiger partial charge in [-0.2, -0.15) is 0 Å². The second-order valence-corrected chi connectivity index (χ2v) is 5.05. The van der Waals surface area contributed by atoms with Gasteiger partial charge in [0.25, 0.3) is 0 Å². The third-order valence-electron chi connectivity index (χ3n) is 3.84. The van der Waals surface area contributed by atoms with Crippen LogP contribution in [-0.2, 0) is 0 Å². The second kappa shape index (κ2) is 4.85. The summed E-state index contributed by atoms with van der Waals surface area (Å²) in [6.45, 7) is 3.46. The molecule has 1 heteroatoms. The Morgan fingerprint density at radius 2 is 1.89 bits per heavy atom. The van der Waals surface area contributed by atoms with E-state index in [0.717, 1.165) is 0 Å². The molecule has 1 atom stereocenters. The van der Waals surface area contributed by atoms with Gasteiger partial charge in [0.15, 0.2) is 0 Å². The van der Waals surface area contributed by atoms with E-state index in [2.05, 4.69) is 66.6 Å². The molecule has 0 aromatic heterocycles. The molecule has 3 rings (SSSR count). The smallest absolute Gasteiger partial charge is 0.0508 e. The quantitative estimate of drug-likeness (QED) is 0.742. The first-order chi connectivity index (χ1) is 8.84. The van der Waals surface area contributed by atoms with Crippen molar-refractivity contribution in [3.8, 4) is 0 Å². The van der Waals surface area contributed by atoms with Gasteiger partial charge in [0.2, 0.25) is 0 Å². The van der Waals surface area contributed by atoms with Crippen molar-refractivity contribution in [2.75, 3.05) is 6.54 Å². The molecule has 0 spiro atoms. The van der Waals surface area contributed by atoms with E-state index in [4.69, 9.17) is 0 Å². The van der Waals surface area contributed by atoms with Gasteiger partial charge in [0.1, 0.15) is 0 Å². The van der Waals surface area contributed by atoms with Gasteiger partial charge in [-0.25, -0.2) is 0 Å². The Kier molecular flexibility index (Phi) is 3.06. The second-order valence-electron chi connectivity index (χ2n) is 5.05. The summed E-state index contributed by atoms with van der Waals surface area (Å²) in [4.78, 5) is 2.44. The normalized spacial score (nSPS) is 17.1. The lowest BCUT2D eigenvalue weighted by Gasteiger charge is -2.30. The highest BCUT2D eigenvalue weighted by Gasteiger charge is 2.13. The van der Waals surface area contributed by atoms with Gasteiger partial charge in [-0.15, -0.1) is 0 Å². The molecule has 1 heterocycles. The zero-order valence-corrected chi connectivity index (χ0v) is 10.8. The predicted molar refractivity (Wildman–Crippen MR) is 77.4 cm³/mol. The van der Waals surface area contributed by atoms with E-state index >= 15 is 0 Å². The third-order valence-corrected chi connectivity index (χ3v) is 3.84. The fraction of sp³-hybridized carbons (Fsp3) is 0.294. The van der Waals surface area contributed by atoms with E-state index in [1.54, 1.807) is 0 Å². The molecule has 0 saturated carbocycles. The Morgan fingerprint density at radius 3 is 2.67 bits per heavy atom. The van der Waals surface area contributed by atoms with Crippen molar-refractivity contribution in [1.82, 2.24) is 4.90 Å². The highest BCUT2D eigenvalue weighted by atomic mass is 15.1. The molecule has 0 aliphatic carbocycles. The standard InChI is InChI=1S/C17H19N/c1-14(18-11-5-2-6-12-18)16-10-9-15-7-3-4-8-17(15)13-16/h3-5,7-11,13-14H,2,6,12H2,1H3. The minimum absolute atomic E-state index is 0.464. The largest absolute Gasteiger partial charge is 0.371 e. The van der Waals surface area contributed by atoms with Crippen molar-refractivity contribution in [2.45, 2.75) is 25.8 Å². The van der Waals surface area contributed by atoms with E-state index in [0.29, 0.717) is 6.04 Å². The molecule has 0 amide bonds. The molecule has 92 valence electrons. The van der Waals surface area contributed by atoms with E-state index in [1.165, 1.54) is 35.7 Å². The van der Waals surface area contributed by atoms with E-state index in [1.807, 2.05) is 0 Å². The Bertz CT molecular complexity index is 571. The highest BCUT2D eigenvalue weighted by molar-refractivity contribution is 5.83. The Balaban J connectivity index is 1.93. The van der Waals surface area contributed by atoms with Gasteiger partial charge in [-0.3, -0.25) is 0 Å². The maximum absolute atomic E-state index is 2.44. The van der Waals surface area contributed by atoms with Crippen molar-refractivity contribution in [3.63, 3.8) is 0 Å². The molecule has 2 aromatic carbocycles. The number of benzene rings is 2. The maximum atomic E-state index is 2.44. The molecule has 1 nitrogen and oxygen atoms in total. The Labute approximate surface area is 109 Å². The van der Waals surface area contributed by atoms with Gasteiger partial charge in [0, 0.05) is 6.54 Å². The van der Waals surface area contributed by atoms with Crippen LogP contribution in [0.2, 0.25) is 0 Å². The summed E-state index contributed by atoms with van der Waals surface area (Å²) in [7, 11) is 0.